The molecule has 2 heterocycles. The Labute approximate surface area is 198 Å². The lowest BCUT2D eigenvalue weighted by molar-refractivity contribution is 0.0813. The number of rotatable bonds is 4. The number of nitrogens with zero attached hydrogens (tertiary/aromatic N) is 4. The van der Waals surface area contributed by atoms with Crippen LogP contribution in [0.1, 0.15) is 46.4 Å². The van der Waals surface area contributed by atoms with Gasteiger partial charge in [-0.3, -0.25) is 9.47 Å². The molecule has 0 unspecified atom stereocenters. The second kappa shape index (κ2) is 8.38. The van der Waals surface area contributed by atoms with Crippen LogP contribution in [0.5, 0.6) is 5.75 Å². The summed E-state index contributed by atoms with van der Waals surface area (Å²) in [5.74, 6) is 2.11. The third-order valence-corrected chi connectivity index (χ3v) is 7.34. The number of hydrogen-bond acceptors (Lipinski definition) is 5. The number of aliphatic hydroxyl groups excluding tert-OH is 1. The molecule has 3 aromatic rings. The largest absolute Gasteiger partial charge is 0.484 e. The first-order valence-corrected chi connectivity index (χ1v) is 11.7. The van der Waals surface area contributed by atoms with E-state index in [0.717, 1.165) is 46.3 Å². The van der Waals surface area contributed by atoms with E-state index in [1.807, 2.05) is 43.5 Å². The number of halogens is 2. The van der Waals surface area contributed by atoms with Crippen LogP contribution < -0.4 is 4.74 Å². The highest BCUT2D eigenvalue weighted by atomic mass is 35.5. The van der Waals surface area contributed by atoms with Gasteiger partial charge in [0.2, 0.25) is 0 Å². The van der Waals surface area contributed by atoms with E-state index in [1.54, 1.807) is 0 Å². The van der Waals surface area contributed by atoms with Crippen LogP contribution in [0.2, 0.25) is 5.02 Å². The molecule has 0 amide bonds. The Balaban J connectivity index is 1.53. The SMILES string of the molecule is Cc1c(O[C@H]2c3cc(Cl)cc(F)c3C[C@@H]2N2CC[C@@H](O)C2)ccc(-n2c(C)nnc2C)c1C. The van der Waals surface area contributed by atoms with Gasteiger partial charge >= 0.3 is 0 Å². The first-order valence-electron chi connectivity index (χ1n) is 11.3. The van der Waals surface area contributed by atoms with E-state index in [9.17, 15) is 9.50 Å². The van der Waals surface area contributed by atoms with E-state index in [-0.39, 0.29) is 24.1 Å². The van der Waals surface area contributed by atoms with Crippen molar-refractivity contribution >= 4 is 11.6 Å². The maximum absolute atomic E-state index is 14.8. The fourth-order valence-electron chi connectivity index (χ4n) is 5.25. The van der Waals surface area contributed by atoms with Crippen molar-refractivity contribution in [1.29, 1.82) is 0 Å². The summed E-state index contributed by atoms with van der Waals surface area (Å²) >= 11 is 6.23. The quantitative estimate of drug-likeness (QED) is 0.612. The topological polar surface area (TPSA) is 63.4 Å². The number of β-amino-alcohol motifs (C(OH)–C–C–N with tert-alkyl or cyclic N) is 1. The number of ether oxygens (including phenoxy) is 1. The van der Waals surface area contributed by atoms with Crippen LogP contribution in [0.25, 0.3) is 5.69 Å². The molecule has 2 aliphatic rings. The van der Waals surface area contributed by atoms with Gasteiger partial charge in [0.1, 0.15) is 29.3 Å². The van der Waals surface area contributed by atoms with Gasteiger partial charge in [-0.05, 0) is 81.5 Å². The van der Waals surface area contributed by atoms with Gasteiger partial charge in [-0.1, -0.05) is 11.6 Å². The normalized spacial score (nSPS) is 22.7. The average Bonchev–Trinajstić information content (AvgIpc) is 3.44. The molecule has 33 heavy (non-hydrogen) atoms. The Morgan fingerprint density at radius 3 is 2.48 bits per heavy atom. The Bertz CT molecular complexity index is 1210. The Morgan fingerprint density at radius 2 is 1.82 bits per heavy atom. The Morgan fingerprint density at radius 1 is 1.09 bits per heavy atom. The van der Waals surface area contributed by atoms with Crippen molar-refractivity contribution in [2.45, 2.75) is 58.8 Å². The number of benzene rings is 2. The molecule has 0 spiro atoms. The highest BCUT2D eigenvalue weighted by Gasteiger charge is 2.42. The highest BCUT2D eigenvalue weighted by molar-refractivity contribution is 6.30. The van der Waals surface area contributed by atoms with Gasteiger partial charge in [-0.2, -0.15) is 0 Å². The highest BCUT2D eigenvalue weighted by Crippen LogP contribution is 2.42. The van der Waals surface area contributed by atoms with Crippen molar-refractivity contribution in [3.05, 3.63) is 69.0 Å². The minimum Gasteiger partial charge on any atom is -0.484 e. The summed E-state index contributed by atoms with van der Waals surface area (Å²) < 4.78 is 23.5. The van der Waals surface area contributed by atoms with Crippen LogP contribution in [-0.4, -0.2) is 50.0 Å². The van der Waals surface area contributed by atoms with Gasteiger partial charge in [0, 0.05) is 23.7 Å². The fourth-order valence-corrected chi connectivity index (χ4v) is 5.47. The van der Waals surface area contributed by atoms with Gasteiger partial charge in [0.05, 0.1) is 17.8 Å². The molecule has 0 bridgehead atoms. The van der Waals surface area contributed by atoms with Crippen molar-refractivity contribution < 1.29 is 14.2 Å². The second-order valence-corrected chi connectivity index (χ2v) is 9.60. The minimum atomic E-state index is -0.374. The third kappa shape index (κ3) is 3.82. The van der Waals surface area contributed by atoms with Crippen LogP contribution in [0.3, 0.4) is 0 Å². The molecule has 1 aromatic heterocycles. The number of aromatic nitrogens is 3. The first kappa shape index (κ1) is 22.3. The van der Waals surface area contributed by atoms with Crippen molar-refractivity contribution in [3.63, 3.8) is 0 Å². The van der Waals surface area contributed by atoms with E-state index in [4.69, 9.17) is 16.3 Å². The molecule has 6 nitrogen and oxygen atoms in total. The summed E-state index contributed by atoms with van der Waals surface area (Å²) in [4.78, 5) is 2.21. The molecule has 2 aromatic carbocycles. The summed E-state index contributed by atoms with van der Waals surface area (Å²) in [5.41, 5.74) is 4.54. The van der Waals surface area contributed by atoms with Gasteiger partial charge in [0.25, 0.3) is 0 Å². The molecule has 1 fully saturated rings. The number of likely N-dealkylation sites (tertiary alicyclic amines) is 1. The van der Waals surface area contributed by atoms with E-state index in [1.165, 1.54) is 6.07 Å². The summed E-state index contributed by atoms with van der Waals surface area (Å²) in [6, 6.07) is 7.10. The predicted molar refractivity (Wildman–Crippen MR) is 125 cm³/mol. The van der Waals surface area contributed by atoms with E-state index >= 15 is 0 Å². The van der Waals surface area contributed by atoms with Crippen molar-refractivity contribution in [2.24, 2.45) is 0 Å². The monoisotopic (exact) mass is 470 g/mol. The molecule has 1 saturated heterocycles. The Hall–Kier alpha value is -2.48. The smallest absolute Gasteiger partial charge is 0.140 e. The molecular formula is C25H28ClFN4O2. The first-order chi connectivity index (χ1) is 15.7. The molecule has 8 heteroatoms. The molecule has 0 saturated carbocycles. The van der Waals surface area contributed by atoms with Crippen LogP contribution in [0.15, 0.2) is 24.3 Å². The van der Waals surface area contributed by atoms with Crippen LogP contribution in [0, 0.1) is 33.5 Å². The zero-order chi connectivity index (χ0) is 23.4. The molecule has 1 aliphatic heterocycles. The van der Waals surface area contributed by atoms with E-state index < -0.39 is 0 Å². The zero-order valence-electron chi connectivity index (χ0n) is 19.3. The van der Waals surface area contributed by atoms with E-state index in [2.05, 4.69) is 22.0 Å². The number of hydrogen-bond donors (Lipinski definition) is 1. The summed E-state index contributed by atoms with van der Waals surface area (Å²) in [6.45, 7) is 9.29. The van der Waals surface area contributed by atoms with Crippen LogP contribution in [-0.2, 0) is 6.42 Å². The standard InChI is InChI=1S/C25H28ClFN4O2/c1-13-14(2)24(6-5-22(13)31-15(3)28-29-16(31)4)33-25-20-9-17(26)10-21(27)19(20)11-23(25)30-8-7-18(32)12-30/h5-6,9-10,18,23,25,32H,7-8,11-12H2,1-4H3/t18-,23+,25+/m1/s1. The summed E-state index contributed by atoms with van der Waals surface area (Å²) in [6.07, 6.45) is 0.514. The van der Waals surface area contributed by atoms with Gasteiger partial charge in [-0.25, -0.2) is 4.39 Å². The molecule has 5 rings (SSSR count). The zero-order valence-corrected chi connectivity index (χ0v) is 20.0. The average molecular weight is 471 g/mol. The molecule has 3 atom stereocenters. The van der Waals surface area contributed by atoms with Gasteiger partial charge in [0.15, 0.2) is 0 Å². The number of aliphatic hydroxyl groups is 1. The molecule has 1 aliphatic carbocycles. The summed E-state index contributed by atoms with van der Waals surface area (Å²) in [5, 5.41) is 18.8. The predicted octanol–water partition coefficient (Wildman–Crippen LogP) is 4.40. The van der Waals surface area contributed by atoms with Gasteiger partial charge in [-0.15, -0.1) is 10.2 Å². The molecular weight excluding hydrogens is 443 g/mol. The maximum atomic E-state index is 14.8. The van der Waals surface area contributed by atoms with E-state index in [0.29, 0.717) is 30.0 Å². The lowest BCUT2D eigenvalue weighted by Crippen LogP contribution is -2.39. The number of aryl methyl sites for hydroxylation is 2. The van der Waals surface area contributed by atoms with Crippen LogP contribution >= 0.6 is 11.6 Å². The minimum absolute atomic E-state index is 0.0631. The third-order valence-electron chi connectivity index (χ3n) is 7.12. The molecule has 174 valence electrons. The van der Waals surface area contributed by atoms with Crippen molar-refractivity contribution in [2.75, 3.05) is 13.1 Å². The number of fused-ring (bicyclic) bond motifs is 1. The van der Waals surface area contributed by atoms with Crippen molar-refractivity contribution in [3.8, 4) is 11.4 Å². The second-order valence-electron chi connectivity index (χ2n) is 9.17. The lowest BCUT2D eigenvalue weighted by atomic mass is 10.0. The molecule has 0 radical (unpaired) electrons. The fraction of sp³-hybridized carbons (Fsp3) is 0.440. The molecule has 1 N–H and O–H groups in total. The Kier molecular flexibility index (Phi) is 5.67. The van der Waals surface area contributed by atoms with Gasteiger partial charge < -0.3 is 9.84 Å². The lowest BCUT2D eigenvalue weighted by Gasteiger charge is -2.30. The van der Waals surface area contributed by atoms with Crippen LogP contribution in [0.4, 0.5) is 4.39 Å². The summed E-state index contributed by atoms with van der Waals surface area (Å²) in [7, 11) is 0. The maximum Gasteiger partial charge on any atom is 0.140 e. The van der Waals surface area contributed by atoms with Crippen molar-refractivity contribution in [1.82, 2.24) is 19.7 Å².